The van der Waals surface area contributed by atoms with Gasteiger partial charge in [0.2, 0.25) is 0 Å². The molecule has 2 aromatic rings. The molecular formula is C10H7N2O2. The maximum absolute atomic E-state index is 10.6. The standard InChI is InChI=1S/C10H7N2O2/c11-10(13)8-6-9(14-12-8)7-4-2-1-3-5-7/h1-6,11H. The molecule has 1 aromatic heterocycles. The Bertz CT molecular complexity index is 448. The van der Waals surface area contributed by atoms with Gasteiger partial charge in [0.25, 0.3) is 5.91 Å². The number of amides is 1. The second-order valence-corrected chi connectivity index (χ2v) is 2.77. The second kappa shape index (κ2) is 3.33. The third-order valence-corrected chi connectivity index (χ3v) is 1.80. The molecule has 0 saturated heterocycles. The van der Waals surface area contributed by atoms with Crippen LogP contribution in [0.1, 0.15) is 10.5 Å². The Morgan fingerprint density at radius 2 is 2.00 bits per heavy atom. The normalized spacial score (nSPS) is 10.0. The summed E-state index contributed by atoms with van der Waals surface area (Å²) in [5.41, 5.74) is 7.70. The number of hydrogen-bond donors (Lipinski definition) is 0. The second-order valence-electron chi connectivity index (χ2n) is 2.77. The summed E-state index contributed by atoms with van der Waals surface area (Å²) >= 11 is 0. The first-order valence-electron chi connectivity index (χ1n) is 4.05. The van der Waals surface area contributed by atoms with Crippen LogP contribution in [0.25, 0.3) is 11.3 Å². The zero-order valence-electron chi connectivity index (χ0n) is 7.23. The molecule has 1 heterocycles. The van der Waals surface area contributed by atoms with Crippen LogP contribution >= 0.6 is 0 Å². The minimum Gasteiger partial charge on any atom is -0.355 e. The topological polar surface area (TPSA) is 66.9 Å². The fourth-order valence-corrected chi connectivity index (χ4v) is 1.12. The Kier molecular flexibility index (Phi) is 2.02. The van der Waals surface area contributed by atoms with Gasteiger partial charge in [-0.25, -0.2) is 0 Å². The highest BCUT2D eigenvalue weighted by atomic mass is 16.5. The Hall–Kier alpha value is -2.10. The molecule has 0 fully saturated rings. The van der Waals surface area contributed by atoms with E-state index in [1.54, 1.807) is 0 Å². The summed E-state index contributed by atoms with van der Waals surface area (Å²) < 4.78 is 4.92. The summed E-state index contributed by atoms with van der Waals surface area (Å²) in [6.07, 6.45) is 0. The van der Waals surface area contributed by atoms with E-state index in [-0.39, 0.29) is 5.69 Å². The van der Waals surface area contributed by atoms with Gasteiger partial charge in [-0.15, -0.1) is 0 Å². The van der Waals surface area contributed by atoms with Crippen LogP contribution in [0.5, 0.6) is 0 Å². The molecule has 0 aliphatic heterocycles. The van der Waals surface area contributed by atoms with Crippen LogP contribution in [0.4, 0.5) is 0 Å². The lowest BCUT2D eigenvalue weighted by Gasteiger charge is -1.91. The first-order chi connectivity index (χ1) is 6.77. The van der Waals surface area contributed by atoms with Crippen molar-refractivity contribution in [1.82, 2.24) is 10.9 Å². The molecule has 1 N–H and O–H groups in total. The molecular weight excluding hydrogens is 180 g/mol. The first-order valence-corrected chi connectivity index (χ1v) is 4.05. The Morgan fingerprint density at radius 1 is 1.29 bits per heavy atom. The van der Waals surface area contributed by atoms with Gasteiger partial charge >= 0.3 is 0 Å². The highest BCUT2D eigenvalue weighted by Crippen LogP contribution is 2.19. The number of nitrogens with one attached hydrogen (secondary N) is 1. The van der Waals surface area contributed by atoms with Gasteiger partial charge in [-0.3, -0.25) is 10.5 Å². The third-order valence-electron chi connectivity index (χ3n) is 1.80. The molecule has 0 bridgehead atoms. The van der Waals surface area contributed by atoms with E-state index >= 15 is 0 Å². The smallest absolute Gasteiger partial charge is 0.291 e. The number of rotatable bonds is 2. The molecule has 0 spiro atoms. The summed E-state index contributed by atoms with van der Waals surface area (Å²) in [6, 6.07) is 10.8. The monoisotopic (exact) mass is 187 g/mol. The summed E-state index contributed by atoms with van der Waals surface area (Å²) in [6.45, 7) is 0. The van der Waals surface area contributed by atoms with E-state index in [4.69, 9.17) is 10.3 Å². The van der Waals surface area contributed by atoms with E-state index in [9.17, 15) is 4.79 Å². The fourth-order valence-electron chi connectivity index (χ4n) is 1.12. The molecule has 0 atom stereocenters. The van der Waals surface area contributed by atoms with Crippen molar-refractivity contribution < 1.29 is 9.32 Å². The zero-order chi connectivity index (χ0) is 9.97. The van der Waals surface area contributed by atoms with Crippen molar-refractivity contribution in [2.75, 3.05) is 0 Å². The molecule has 69 valence electrons. The van der Waals surface area contributed by atoms with Crippen LogP contribution in [-0.2, 0) is 0 Å². The average molecular weight is 187 g/mol. The average Bonchev–Trinajstić information content (AvgIpc) is 2.68. The van der Waals surface area contributed by atoms with Crippen molar-refractivity contribution >= 4 is 5.91 Å². The number of hydrogen-bond acceptors (Lipinski definition) is 3. The molecule has 14 heavy (non-hydrogen) atoms. The predicted molar refractivity (Wildman–Crippen MR) is 49.4 cm³/mol. The highest BCUT2D eigenvalue weighted by molar-refractivity contribution is 5.90. The van der Waals surface area contributed by atoms with E-state index in [0.29, 0.717) is 5.76 Å². The number of nitrogens with zero attached hydrogens (tertiary/aromatic N) is 1. The van der Waals surface area contributed by atoms with Gasteiger partial charge < -0.3 is 4.52 Å². The largest absolute Gasteiger partial charge is 0.355 e. The molecule has 0 unspecified atom stereocenters. The Morgan fingerprint density at radius 3 is 2.57 bits per heavy atom. The molecule has 1 radical (unpaired) electrons. The molecule has 1 amide bonds. The van der Waals surface area contributed by atoms with Crippen LogP contribution in [0, 0.1) is 0 Å². The van der Waals surface area contributed by atoms with Crippen molar-refractivity contribution in [3.63, 3.8) is 0 Å². The lowest BCUT2D eigenvalue weighted by molar-refractivity contribution is 0.0983. The quantitative estimate of drug-likeness (QED) is 0.719. The number of benzene rings is 1. The Balaban J connectivity index is 2.39. The van der Waals surface area contributed by atoms with E-state index in [1.807, 2.05) is 30.3 Å². The van der Waals surface area contributed by atoms with Gasteiger partial charge in [0.1, 0.15) is 0 Å². The van der Waals surface area contributed by atoms with Crippen LogP contribution in [-0.4, -0.2) is 11.1 Å². The highest BCUT2D eigenvalue weighted by Gasteiger charge is 2.10. The summed E-state index contributed by atoms with van der Waals surface area (Å²) in [5, 5.41) is 3.48. The van der Waals surface area contributed by atoms with Crippen LogP contribution in [0.2, 0.25) is 0 Å². The molecule has 2 rings (SSSR count). The van der Waals surface area contributed by atoms with E-state index < -0.39 is 5.91 Å². The zero-order valence-corrected chi connectivity index (χ0v) is 7.23. The van der Waals surface area contributed by atoms with Gasteiger partial charge in [0.05, 0.1) is 0 Å². The third kappa shape index (κ3) is 1.50. The number of carbonyl (C=O) groups is 1. The Labute approximate surface area is 80.3 Å². The summed E-state index contributed by atoms with van der Waals surface area (Å²) in [4.78, 5) is 10.6. The van der Waals surface area contributed by atoms with Gasteiger partial charge in [-0.1, -0.05) is 35.5 Å². The van der Waals surface area contributed by atoms with Gasteiger partial charge in [0.15, 0.2) is 11.5 Å². The lowest BCUT2D eigenvalue weighted by atomic mass is 10.2. The molecule has 0 saturated carbocycles. The molecule has 4 heteroatoms. The maximum Gasteiger partial charge on any atom is 0.291 e. The van der Waals surface area contributed by atoms with Crippen molar-refractivity contribution in [1.29, 1.82) is 0 Å². The molecule has 4 nitrogen and oxygen atoms in total. The maximum atomic E-state index is 10.6. The van der Waals surface area contributed by atoms with Crippen LogP contribution < -0.4 is 5.73 Å². The van der Waals surface area contributed by atoms with Crippen LogP contribution in [0.3, 0.4) is 0 Å². The van der Waals surface area contributed by atoms with E-state index in [1.165, 1.54) is 6.07 Å². The number of carbonyl (C=O) groups excluding carboxylic acids is 1. The van der Waals surface area contributed by atoms with Crippen molar-refractivity contribution in [2.24, 2.45) is 0 Å². The lowest BCUT2D eigenvalue weighted by Crippen LogP contribution is -1.97. The van der Waals surface area contributed by atoms with Gasteiger partial charge in [0, 0.05) is 11.6 Å². The summed E-state index contributed by atoms with van der Waals surface area (Å²) in [5.74, 6) is -0.336. The van der Waals surface area contributed by atoms with Crippen molar-refractivity contribution in [3.8, 4) is 11.3 Å². The minimum absolute atomic E-state index is 0.0313. The van der Waals surface area contributed by atoms with E-state index in [2.05, 4.69) is 5.16 Å². The first kappa shape index (κ1) is 8.50. The van der Waals surface area contributed by atoms with Gasteiger partial charge in [-0.2, -0.15) is 0 Å². The fraction of sp³-hybridized carbons (Fsp3) is 0. The SMILES string of the molecule is [NH]C(=O)c1cc(-c2ccccc2)on1. The molecule has 1 aromatic carbocycles. The van der Waals surface area contributed by atoms with E-state index in [0.717, 1.165) is 5.56 Å². The van der Waals surface area contributed by atoms with Crippen LogP contribution in [0.15, 0.2) is 40.9 Å². The minimum atomic E-state index is -0.837. The van der Waals surface area contributed by atoms with Gasteiger partial charge in [-0.05, 0) is 0 Å². The predicted octanol–water partition coefficient (Wildman–Crippen LogP) is 1.76. The molecule has 0 aliphatic carbocycles. The number of aromatic nitrogens is 1. The van der Waals surface area contributed by atoms with Crippen molar-refractivity contribution in [3.05, 3.63) is 42.1 Å². The summed E-state index contributed by atoms with van der Waals surface area (Å²) in [7, 11) is 0. The van der Waals surface area contributed by atoms with Crippen molar-refractivity contribution in [2.45, 2.75) is 0 Å². The molecule has 0 aliphatic rings.